The number of hydrogen-bond acceptors (Lipinski definition) is 4. The molecule has 7 heteroatoms. The summed E-state index contributed by atoms with van der Waals surface area (Å²) in [5, 5.41) is 4.72. The van der Waals surface area contributed by atoms with Gasteiger partial charge in [0.25, 0.3) is 0 Å². The monoisotopic (exact) mass is 557 g/mol. The number of benzene rings is 3. The van der Waals surface area contributed by atoms with Crippen molar-refractivity contribution in [3.05, 3.63) is 162 Å². The third kappa shape index (κ3) is 4.87. The van der Waals surface area contributed by atoms with Gasteiger partial charge in [0, 0.05) is 17.0 Å². The highest BCUT2D eigenvalue weighted by atomic mass is 19.1. The summed E-state index contributed by atoms with van der Waals surface area (Å²) in [4.78, 5) is 14.7. The summed E-state index contributed by atoms with van der Waals surface area (Å²) < 4.78 is 30.4. The molecule has 3 heterocycles. The fourth-order valence-electron chi connectivity index (χ4n) is 5.23. The summed E-state index contributed by atoms with van der Waals surface area (Å²) in [5.41, 5.74) is 2.60. The van der Waals surface area contributed by atoms with Crippen LogP contribution in [0.2, 0.25) is 0 Å². The van der Waals surface area contributed by atoms with Crippen LogP contribution in [0.15, 0.2) is 122 Å². The van der Waals surface area contributed by atoms with Crippen LogP contribution in [0, 0.1) is 11.6 Å². The van der Waals surface area contributed by atoms with E-state index in [1.165, 1.54) is 12.1 Å². The van der Waals surface area contributed by atoms with E-state index in [0.717, 1.165) is 17.2 Å². The molecule has 0 spiro atoms. The molecule has 6 aromatic rings. The molecule has 6 rings (SSSR count). The van der Waals surface area contributed by atoms with E-state index >= 15 is 0 Å². The average molecular weight is 558 g/mol. The number of aromatic nitrogens is 5. The number of rotatable bonds is 6. The van der Waals surface area contributed by atoms with Crippen molar-refractivity contribution in [3.63, 3.8) is 0 Å². The molecule has 3 aromatic heterocycles. The Morgan fingerprint density at radius 1 is 0.643 bits per heavy atom. The zero-order valence-electron chi connectivity index (χ0n) is 23.5. The molecular formula is C35H29F2N5. The Bertz CT molecular complexity index is 1800. The molecule has 0 aliphatic carbocycles. The van der Waals surface area contributed by atoms with Crippen LogP contribution < -0.4 is 0 Å². The lowest BCUT2D eigenvalue weighted by Crippen LogP contribution is -2.33. The van der Waals surface area contributed by atoms with Crippen molar-refractivity contribution in [2.75, 3.05) is 0 Å². The van der Waals surface area contributed by atoms with Crippen LogP contribution in [-0.4, -0.2) is 24.7 Å². The maximum absolute atomic E-state index is 15.0. The van der Waals surface area contributed by atoms with Gasteiger partial charge in [0.1, 0.15) is 23.4 Å². The van der Waals surface area contributed by atoms with Crippen molar-refractivity contribution in [1.29, 1.82) is 0 Å². The van der Waals surface area contributed by atoms with Gasteiger partial charge in [-0.15, -0.1) is 5.10 Å². The fraction of sp³-hybridized carbons (Fsp3) is 0.143. The Balaban J connectivity index is 1.64. The highest BCUT2D eigenvalue weighted by molar-refractivity contribution is 5.63. The van der Waals surface area contributed by atoms with Crippen molar-refractivity contribution in [2.24, 2.45) is 0 Å². The van der Waals surface area contributed by atoms with Gasteiger partial charge in [0.15, 0.2) is 11.6 Å². The molecule has 0 amide bonds. The minimum Gasteiger partial charge on any atom is -0.251 e. The van der Waals surface area contributed by atoms with Crippen molar-refractivity contribution < 1.29 is 8.78 Å². The van der Waals surface area contributed by atoms with Crippen LogP contribution in [0.25, 0.3) is 17.1 Å². The Morgan fingerprint density at radius 3 is 1.86 bits per heavy atom. The minimum atomic E-state index is -0.988. The van der Waals surface area contributed by atoms with Crippen LogP contribution in [0.4, 0.5) is 8.78 Å². The topological polar surface area (TPSA) is 56.5 Å². The van der Waals surface area contributed by atoms with E-state index in [-0.39, 0.29) is 11.0 Å². The number of pyridine rings is 2. The molecule has 0 N–H and O–H groups in total. The van der Waals surface area contributed by atoms with Crippen LogP contribution in [0.5, 0.6) is 0 Å². The van der Waals surface area contributed by atoms with Crippen molar-refractivity contribution >= 4 is 0 Å². The van der Waals surface area contributed by atoms with Gasteiger partial charge >= 0.3 is 0 Å². The summed E-state index contributed by atoms with van der Waals surface area (Å²) in [6, 6.07) is 34.9. The first kappa shape index (κ1) is 27.1. The second-order valence-corrected chi connectivity index (χ2v) is 11.2. The quantitative estimate of drug-likeness (QED) is 0.211. The molecular weight excluding hydrogens is 528 g/mol. The Morgan fingerprint density at radius 2 is 1.26 bits per heavy atom. The van der Waals surface area contributed by atoms with Gasteiger partial charge in [-0.3, -0.25) is 4.98 Å². The van der Waals surface area contributed by atoms with E-state index in [0.29, 0.717) is 28.7 Å². The first-order chi connectivity index (χ1) is 20.3. The van der Waals surface area contributed by atoms with Crippen molar-refractivity contribution in [1.82, 2.24) is 24.7 Å². The van der Waals surface area contributed by atoms with E-state index in [1.807, 2.05) is 91.0 Å². The summed E-state index contributed by atoms with van der Waals surface area (Å²) in [5.74, 6) is -0.0000517. The van der Waals surface area contributed by atoms with Gasteiger partial charge in [-0.05, 0) is 47.5 Å². The third-order valence-corrected chi connectivity index (χ3v) is 7.27. The van der Waals surface area contributed by atoms with Crippen LogP contribution in [-0.2, 0) is 10.8 Å². The van der Waals surface area contributed by atoms with Crippen LogP contribution in [0.1, 0.15) is 49.1 Å². The lowest BCUT2D eigenvalue weighted by Gasteiger charge is -2.35. The highest BCUT2D eigenvalue weighted by Gasteiger charge is 2.41. The van der Waals surface area contributed by atoms with Gasteiger partial charge in [-0.2, -0.15) is 0 Å². The fourth-order valence-corrected chi connectivity index (χ4v) is 5.23. The first-order valence-electron chi connectivity index (χ1n) is 13.7. The summed E-state index contributed by atoms with van der Waals surface area (Å²) in [7, 11) is 0. The predicted octanol–water partition coefficient (Wildman–Crippen LogP) is 7.68. The van der Waals surface area contributed by atoms with Gasteiger partial charge in [-0.25, -0.2) is 23.4 Å². The van der Waals surface area contributed by atoms with E-state index in [9.17, 15) is 8.78 Å². The van der Waals surface area contributed by atoms with Crippen LogP contribution >= 0.6 is 0 Å². The molecule has 0 atom stereocenters. The third-order valence-electron chi connectivity index (χ3n) is 7.27. The summed E-state index contributed by atoms with van der Waals surface area (Å²) in [6.07, 6.45) is 1.68. The second-order valence-electron chi connectivity index (χ2n) is 11.2. The average Bonchev–Trinajstić information content (AvgIpc) is 3.51. The molecule has 5 nitrogen and oxygen atoms in total. The Hall–Kier alpha value is -5.04. The molecule has 0 bridgehead atoms. The van der Waals surface area contributed by atoms with Crippen LogP contribution in [0.3, 0.4) is 0 Å². The molecule has 0 unspecified atom stereocenters. The van der Waals surface area contributed by atoms with E-state index in [2.05, 4.69) is 25.8 Å². The summed E-state index contributed by atoms with van der Waals surface area (Å²) in [6.45, 7) is 6.19. The molecule has 0 radical (unpaired) electrons. The zero-order valence-corrected chi connectivity index (χ0v) is 23.5. The molecule has 0 aliphatic rings. The maximum Gasteiger partial charge on any atom is 0.156 e. The van der Waals surface area contributed by atoms with E-state index in [4.69, 9.17) is 15.1 Å². The largest absolute Gasteiger partial charge is 0.251 e. The molecule has 0 saturated carbocycles. The van der Waals surface area contributed by atoms with Gasteiger partial charge in [0.2, 0.25) is 0 Å². The van der Waals surface area contributed by atoms with Gasteiger partial charge in [-0.1, -0.05) is 93.6 Å². The van der Waals surface area contributed by atoms with Crippen molar-refractivity contribution in [2.45, 2.75) is 31.6 Å². The smallest absolute Gasteiger partial charge is 0.156 e. The lowest BCUT2D eigenvalue weighted by atomic mass is 9.69. The number of nitrogens with zero attached hydrogens (tertiary/aromatic N) is 5. The molecule has 0 saturated heterocycles. The standard InChI is InChI=1S/C35H29F2N5/c1-34(2,3)33-38-23-42(41-33)32-19-11-18-31(40-32)35(24-12-6-4-7-13-24,25-14-8-5-9-15-25)30-17-10-16-29(39-30)27-21-20-26(36)22-28(27)37/h4-23H,1-3H3. The molecule has 42 heavy (non-hydrogen) atoms. The molecule has 3 aromatic carbocycles. The molecule has 0 fully saturated rings. The molecule has 0 aliphatic heterocycles. The zero-order chi connectivity index (χ0) is 29.3. The SMILES string of the molecule is CC(C)(C)c1ncn(-c2cccc(C(c3ccccc3)(c3ccccc3)c3cccc(-c4ccc(F)cc4F)n3)n2)n1. The maximum atomic E-state index is 15.0. The van der Waals surface area contributed by atoms with Crippen molar-refractivity contribution in [3.8, 4) is 17.1 Å². The van der Waals surface area contributed by atoms with E-state index in [1.54, 1.807) is 17.1 Å². The summed E-state index contributed by atoms with van der Waals surface area (Å²) >= 11 is 0. The Labute approximate surface area is 243 Å². The predicted molar refractivity (Wildman–Crippen MR) is 159 cm³/mol. The first-order valence-corrected chi connectivity index (χ1v) is 13.7. The Kier molecular flexibility index (Phi) is 6.94. The number of hydrogen-bond donors (Lipinski definition) is 0. The van der Waals surface area contributed by atoms with Gasteiger partial charge < -0.3 is 0 Å². The minimum absolute atomic E-state index is 0.215. The second kappa shape index (κ2) is 10.7. The molecule has 208 valence electrons. The van der Waals surface area contributed by atoms with Gasteiger partial charge in [0.05, 0.1) is 17.1 Å². The lowest BCUT2D eigenvalue weighted by molar-refractivity contribution is 0.543. The highest BCUT2D eigenvalue weighted by Crippen LogP contribution is 2.44. The number of halogens is 2. The van der Waals surface area contributed by atoms with E-state index < -0.39 is 17.0 Å². The normalized spacial score (nSPS) is 11.9.